The summed E-state index contributed by atoms with van der Waals surface area (Å²) in [5.74, 6) is -0.923. The topological polar surface area (TPSA) is 38.3 Å². The molecule has 1 atom stereocenters. The Kier molecular flexibility index (Phi) is 3.98. The molecule has 0 saturated heterocycles. The van der Waals surface area contributed by atoms with Crippen molar-refractivity contribution in [1.82, 2.24) is 5.32 Å². The molecule has 1 unspecified atom stereocenters. The lowest BCUT2D eigenvalue weighted by molar-refractivity contribution is 0.0929. The second kappa shape index (κ2) is 5.93. The van der Waals surface area contributed by atoms with Gasteiger partial charge in [-0.25, -0.2) is 8.78 Å². The first-order chi connectivity index (χ1) is 10.5. The van der Waals surface area contributed by atoms with E-state index in [1.54, 1.807) is 6.07 Å². The van der Waals surface area contributed by atoms with Crippen LogP contribution in [0, 0.1) is 11.6 Å². The number of hydrogen-bond donors (Lipinski definition) is 1. The van der Waals surface area contributed by atoms with Crippen LogP contribution >= 0.6 is 11.6 Å². The summed E-state index contributed by atoms with van der Waals surface area (Å²) < 4.78 is 32.3. The predicted molar refractivity (Wildman–Crippen MR) is 78.3 cm³/mol. The molecule has 1 heterocycles. The van der Waals surface area contributed by atoms with Gasteiger partial charge in [0.25, 0.3) is 5.91 Å². The summed E-state index contributed by atoms with van der Waals surface area (Å²) >= 11 is 5.76. The van der Waals surface area contributed by atoms with Crippen molar-refractivity contribution in [2.45, 2.75) is 12.5 Å². The number of carbonyl (C=O) groups excluding carboxylic acids is 1. The Morgan fingerprint density at radius 3 is 2.91 bits per heavy atom. The fourth-order valence-corrected chi connectivity index (χ4v) is 2.55. The van der Waals surface area contributed by atoms with E-state index in [0.717, 1.165) is 11.6 Å². The minimum absolute atomic E-state index is 0.117. The predicted octanol–water partition coefficient (Wildman–Crippen LogP) is 3.35. The van der Waals surface area contributed by atoms with E-state index in [9.17, 15) is 13.6 Å². The normalized spacial score (nSPS) is 16.0. The molecule has 0 aliphatic carbocycles. The van der Waals surface area contributed by atoms with Crippen molar-refractivity contribution >= 4 is 17.5 Å². The van der Waals surface area contributed by atoms with Crippen LogP contribution in [0.5, 0.6) is 5.75 Å². The Morgan fingerprint density at radius 2 is 2.09 bits per heavy atom. The molecule has 6 heteroatoms. The van der Waals surface area contributed by atoms with Crippen LogP contribution in [0.2, 0.25) is 5.02 Å². The molecule has 0 saturated carbocycles. The maximum Gasteiger partial charge on any atom is 0.254 e. The number of ether oxygens (including phenoxy) is 1. The lowest BCUT2D eigenvalue weighted by Crippen LogP contribution is -2.34. The van der Waals surface area contributed by atoms with Crippen molar-refractivity contribution in [3.05, 3.63) is 64.2 Å². The van der Waals surface area contributed by atoms with Crippen LogP contribution in [-0.4, -0.2) is 18.6 Å². The average Bonchev–Trinajstić information content (AvgIpc) is 2.89. The van der Waals surface area contributed by atoms with Gasteiger partial charge >= 0.3 is 0 Å². The van der Waals surface area contributed by atoms with Crippen LogP contribution in [0.4, 0.5) is 8.78 Å². The Hall–Kier alpha value is -2.14. The fourth-order valence-electron chi connectivity index (χ4n) is 2.38. The summed E-state index contributed by atoms with van der Waals surface area (Å²) in [5.41, 5.74) is 0.641. The SMILES string of the molecule is O=C(NCC1Cc2cc(F)ccc2O1)c1cc(Cl)ccc1F. The number of rotatable bonds is 3. The van der Waals surface area contributed by atoms with Gasteiger partial charge in [-0.05, 0) is 36.4 Å². The van der Waals surface area contributed by atoms with Crippen LogP contribution in [0.1, 0.15) is 15.9 Å². The van der Waals surface area contributed by atoms with Gasteiger partial charge in [0.05, 0.1) is 12.1 Å². The van der Waals surface area contributed by atoms with Gasteiger partial charge in [-0.3, -0.25) is 4.79 Å². The second-order valence-corrected chi connectivity index (χ2v) is 5.47. The van der Waals surface area contributed by atoms with Crippen LogP contribution < -0.4 is 10.1 Å². The van der Waals surface area contributed by atoms with Crippen molar-refractivity contribution in [2.75, 3.05) is 6.54 Å². The number of halogens is 3. The molecule has 0 radical (unpaired) electrons. The summed E-state index contributed by atoms with van der Waals surface area (Å²) in [6.45, 7) is 0.196. The van der Waals surface area contributed by atoms with E-state index in [-0.39, 0.29) is 29.1 Å². The molecule has 114 valence electrons. The highest BCUT2D eigenvalue weighted by molar-refractivity contribution is 6.31. The van der Waals surface area contributed by atoms with Gasteiger partial charge in [0.15, 0.2) is 0 Å². The Bertz CT molecular complexity index is 736. The van der Waals surface area contributed by atoms with Crippen molar-refractivity contribution in [1.29, 1.82) is 0 Å². The zero-order valence-corrected chi connectivity index (χ0v) is 12.2. The number of hydrogen-bond acceptors (Lipinski definition) is 2. The smallest absolute Gasteiger partial charge is 0.254 e. The van der Waals surface area contributed by atoms with E-state index in [0.29, 0.717) is 12.2 Å². The molecule has 3 rings (SSSR count). The van der Waals surface area contributed by atoms with E-state index in [4.69, 9.17) is 16.3 Å². The van der Waals surface area contributed by atoms with Gasteiger partial charge in [0.1, 0.15) is 23.5 Å². The van der Waals surface area contributed by atoms with Gasteiger partial charge in [0, 0.05) is 17.0 Å². The molecule has 1 N–H and O–H groups in total. The van der Waals surface area contributed by atoms with Gasteiger partial charge in [0.2, 0.25) is 0 Å². The van der Waals surface area contributed by atoms with Gasteiger partial charge in [-0.1, -0.05) is 11.6 Å². The quantitative estimate of drug-likeness (QED) is 0.940. The van der Waals surface area contributed by atoms with Crippen LogP contribution in [0.25, 0.3) is 0 Å². The maximum absolute atomic E-state index is 13.6. The third kappa shape index (κ3) is 3.04. The standard InChI is InChI=1S/C16H12ClF2NO2/c17-10-1-3-14(19)13(7-10)16(21)20-8-12-6-9-5-11(18)2-4-15(9)22-12/h1-5,7,12H,6,8H2,(H,20,21). The monoisotopic (exact) mass is 323 g/mol. The highest BCUT2D eigenvalue weighted by atomic mass is 35.5. The molecule has 1 aliphatic rings. The lowest BCUT2D eigenvalue weighted by atomic mass is 10.1. The van der Waals surface area contributed by atoms with E-state index >= 15 is 0 Å². The number of carbonyl (C=O) groups is 1. The zero-order chi connectivity index (χ0) is 15.7. The molecule has 1 amide bonds. The molecule has 0 aromatic heterocycles. The highest BCUT2D eigenvalue weighted by Crippen LogP contribution is 2.29. The lowest BCUT2D eigenvalue weighted by Gasteiger charge is -2.12. The van der Waals surface area contributed by atoms with Crippen LogP contribution in [0.3, 0.4) is 0 Å². The Balaban J connectivity index is 1.62. The first-order valence-corrected chi connectivity index (χ1v) is 7.09. The minimum Gasteiger partial charge on any atom is -0.488 e. The number of benzene rings is 2. The first-order valence-electron chi connectivity index (χ1n) is 6.71. The van der Waals surface area contributed by atoms with Crippen LogP contribution in [0.15, 0.2) is 36.4 Å². The summed E-state index contributed by atoms with van der Waals surface area (Å²) in [6, 6.07) is 8.07. The molecule has 0 fully saturated rings. The Labute approximate surface area is 130 Å². The minimum atomic E-state index is -0.639. The van der Waals surface area contributed by atoms with E-state index in [2.05, 4.69) is 5.32 Å². The molecule has 0 spiro atoms. The summed E-state index contributed by atoms with van der Waals surface area (Å²) in [4.78, 5) is 12.0. The van der Waals surface area contributed by atoms with Gasteiger partial charge in [-0.2, -0.15) is 0 Å². The van der Waals surface area contributed by atoms with E-state index < -0.39 is 11.7 Å². The van der Waals surface area contributed by atoms with E-state index in [1.807, 2.05) is 0 Å². The molecule has 3 nitrogen and oxygen atoms in total. The van der Waals surface area contributed by atoms with Gasteiger partial charge < -0.3 is 10.1 Å². The second-order valence-electron chi connectivity index (χ2n) is 5.03. The molecule has 2 aromatic rings. The number of fused-ring (bicyclic) bond motifs is 1. The summed E-state index contributed by atoms with van der Waals surface area (Å²) in [5, 5.41) is 2.89. The first kappa shape index (κ1) is 14.8. The third-order valence-electron chi connectivity index (χ3n) is 3.43. The maximum atomic E-state index is 13.6. The van der Waals surface area contributed by atoms with Gasteiger partial charge in [-0.15, -0.1) is 0 Å². The van der Waals surface area contributed by atoms with E-state index in [1.165, 1.54) is 24.3 Å². The largest absolute Gasteiger partial charge is 0.488 e. The summed E-state index contributed by atoms with van der Waals surface area (Å²) in [7, 11) is 0. The molecule has 0 bridgehead atoms. The number of nitrogens with one attached hydrogen (secondary N) is 1. The van der Waals surface area contributed by atoms with Crippen LogP contribution in [-0.2, 0) is 6.42 Å². The molecular formula is C16H12ClF2NO2. The average molecular weight is 324 g/mol. The van der Waals surface area contributed by atoms with Crippen molar-refractivity contribution in [3.8, 4) is 5.75 Å². The van der Waals surface area contributed by atoms with Crippen molar-refractivity contribution in [2.24, 2.45) is 0 Å². The highest BCUT2D eigenvalue weighted by Gasteiger charge is 2.24. The Morgan fingerprint density at radius 1 is 1.27 bits per heavy atom. The van der Waals surface area contributed by atoms with Crippen molar-refractivity contribution in [3.63, 3.8) is 0 Å². The molecule has 22 heavy (non-hydrogen) atoms. The fraction of sp³-hybridized carbons (Fsp3) is 0.188. The molecule has 1 aliphatic heterocycles. The van der Waals surface area contributed by atoms with Crippen molar-refractivity contribution < 1.29 is 18.3 Å². The molecular weight excluding hydrogens is 312 g/mol. The zero-order valence-electron chi connectivity index (χ0n) is 11.4. The third-order valence-corrected chi connectivity index (χ3v) is 3.66. The molecule has 2 aromatic carbocycles. The number of amides is 1. The summed E-state index contributed by atoms with van der Waals surface area (Å²) in [6.07, 6.45) is 0.189.